The molecular weight excluding hydrogens is 232 g/mol. The number of hydrogen-bond donors (Lipinski definition) is 0. The summed E-state index contributed by atoms with van der Waals surface area (Å²) in [7, 11) is 1.77. The van der Waals surface area contributed by atoms with Gasteiger partial charge in [-0.05, 0) is 72.6 Å². The van der Waals surface area contributed by atoms with Gasteiger partial charge in [0.15, 0.2) is 0 Å². The molecule has 104 valence electrons. The molecule has 2 aliphatic rings. The lowest BCUT2D eigenvalue weighted by molar-refractivity contribution is 0.0705. The Labute approximate surface area is 117 Å². The van der Waals surface area contributed by atoms with Gasteiger partial charge in [0.1, 0.15) is 5.75 Å². The van der Waals surface area contributed by atoms with Gasteiger partial charge in [-0.15, -0.1) is 0 Å². The van der Waals surface area contributed by atoms with E-state index >= 15 is 0 Å². The van der Waals surface area contributed by atoms with E-state index in [-0.39, 0.29) is 0 Å². The van der Waals surface area contributed by atoms with Crippen LogP contribution in [0.15, 0.2) is 18.2 Å². The fraction of sp³-hybridized carbons (Fsp3) is 0.667. The highest BCUT2D eigenvalue weighted by molar-refractivity contribution is 5.37. The highest BCUT2D eigenvalue weighted by Gasteiger charge is 2.39. The summed E-state index contributed by atoms with van der Waals surface area (Å²) in [5.41, 5.74) is 3.64. The van der Waals surface area contributed by atoms with Crippen LogP contribution in [0, 0.1) is 17.3 Å². The molecule has 19 heavy (non-hydrogen) atoms. The van der Waals surface area contributed by atoms with Gasteiger partial charge in [-0.2, -0.15) is 0 Å². The normalized spacial score (nSPS) is 29.0. The van der Waals surface area contributed by atoms with Crippen LogP contribution < -0.4 is 4.74 Å². The fourth-order valence-electron chi connectivity index (χ4n) is 4.47. The Hall–Kier alpha value is -0.980. The third kappa shape index (κ3) is 2.40. The van der Waals surface area contributed by atoms with Crippen molar-refractivity contribution in [1.29, 1.82) is 0 Å². The molecule has 0 amide bonds. The maximum atomic E-state index is 5.40. The minimum absolute atomic E-state index is 0.537. The Bertz CT molecular complexity index is 461. The molecule has 0 unspecified atom stereocenters. The summed E-state index contributed by atoms with van der Waals surface area (Å²) in [4.78, 5) is 0. The van der Waals surface area contributed by atoms with Crippen molar-refractivity contribution in [2.45, 2.75) is 52.4 Å². The van der Waals surface area contributed by atoms with Crippen molar-refractivity contribution in [3.05, 3.63) is 29.3 Å². The summed E-state index contributed by atoms with van der Waals surface area (Å²) >= 11 is 0. The van der Waals surface area contributed by atoms with E-state index < -0.39 is 0 Å². The Morgan fingerprint density at radius 2 is 2.00 bits per heavy atom. The smallest absolute Gasteiger partial charge is 0.119 e. The quantitative estimate of drug-likeness (QED) is 0.714. The van der Waals surface area contributed by atoms with Gasteiger partial charge in [0.05, 0.1) is 7.11 Å². The number of ether oxygens (including phenoxy) is 1. The summed E-state index contributed by atoms with van der Waals surface area (Å²) in [6, 6.07) is 6.69. The zero-order chi connectivity index (χ0) is 13.5. The molecule has 1 aromatic carbocycles. The van der Waals surface area contributed by atoms with E-state index in [1.807, 2.05) is 0 Å². The second kappa shape index (κ2) is 4.85. The first-order chi connectivity index (χ1) is 9.10. The van der Waals surface area contributed by atoms with Crippen molar-refractivity contribution in [2.24, 2.45) is 17.3 Å². The molecule has 1 aromatic rings. The monoisotopic (exact) mass is 258 g/mol. The molecule has 1 heteroatoms. The second-order valence-electron chi connectivity index (χ2n) is 7.12. The van der Waals surface area contributed by atoms with Crippen LogP contribution in [-0.4, -0.2) is 7.11 Å². The maximum absolute atomic E-state index is 5.40. The van der Waals surface area contributed by atoms with Gasteiger partial charge >= 0.3 is 0 Å². The fourth-order valence-corrected chi connectivity index (χ4v) is 4.47. The molecule has 2 atom stereocenters. The number of hydrogen-bond acceptors (Lipinski definition) is 1. The van der Waals surface area contributed by atoms with Crippen LogP contribution >= 0.6 is 0 Å². The van der Waals surface area contributed by atoms with Crippen molar-refractivity contribution >= 4 is 0 Å². The average molecular weight is 258 g/mol. The Morgan fingerprint density at radius 3 is 2.79 bits per heavy atom. The lowest BCUT2D eigenvalue weighted by Crippen LogP contribution is -2.35. The van der Waals surface area contributed by atoms with Crippen LogP contribution in [0.3, 0.4) is 0 Å². The topological polar surface area (TPSA) is 9.23 Å². The maximum Gasteiger partial charge on any atom is 0.119 e. The highest BCUT2D eigenvalue weighted by atomic mass is 16.5. The molecule has 1 nitrogen and oxygen atoms in total. The van der Waals surface area contributed by atoms with Crippen LogP contribution in [0.4, 0.5) is 0 Å². The zero-order valence-corrected chi connectivity index (χ0v) is 12.5. The number of benzene rings is 1. The van der Waals surface area contributed by atoms with E-state index in [2.05, 4.69) is 32.0 Å². The van der Waals surface area contributed by atoms with Crippen molar-refractivity contribution in [3.63, 3.8) is 0 Å². The van der Waals surface area contributed by atoms with Gasteiger partial charge in [-0.3, -0.25) is 0 Å². The Balaban J connectivity index is 1.91. The van der Waals surface area contributed by atoms with E-state index in [1.165, 1.54) is 38.5 Å². The first kappa shape index (κ1) is 13.0. The molecule has 0 aliphatic heterocycles. The van der Waals surface area contributed by atoms with Crippen LogP contribution in [0.2, 0.25) is 0 Å². The standard InChI is InChI=1S/C18H26O/c1-18(2)10-4-5-14-11-15-12-16(19-3)8-6-13(15)7-9-17(14)18/h6,8,12,14,17H,4-5,7,9-11H2,1-3H3/t14-,17+/m0/s1. The molecule has 0 saturated heterocycles. The highest BCUT2D eigenvalue weighted by Crippen LogP contribution is 2.49. The van der Waals surface area contributed by atoms with Crippen molar-refractivity contribution in [1.82, 2.24) is 0 Å². The van der Waals surface area contributed by atoms with E-state index in [0.29, 0.717) is 5.41 Å². The molecule has 0 heterocycles. The molecule has 0 aromatic heterocycles. The predicted molar refractivity (Wildman–Crippen MR) is 79.6 cm³/mol. The molecule has 0 bridgehead atoms. The first-order valence-electron chi connectivity index (χ1n) is 7.76. The first-order valence-corrected chi connectivity index (χ1v) is 7.76. The summed E-state index contributed by atoms with van der Waals surface area (Å²) in [5.74, 6) is 2.81. The van der Waals surface area contributed by atoms with Gasteiger partial charge in [0, 0.05) is 0 Å². The Kier molecular flexibility index (Phi) is 3.32. The van der Waals surface area contributed by atoms with Crippen molar-refractivity contribution in [3.8, 4) is 5.75 Å². The molecule has 0 N–H and O–H groups in total. The lowest BCUT2D eigenvalue weighted by Gasteiger charge is -2.43. The minimum atomic E-state index is 0.537. The SMILES string of the molecule is COc1ccc2c(c1)C[C@@H]1CCCC(C)(C)[C@@H]1CC2. The van der Waals surface area contributed by atoms with Gasteiger partial charge in [0.2, 0.25) is 0 Å². The lowest BCUT2D eigenvalue weighted by atomic mass is 9.62. The molecule has 0 radical (unpaired) electrons. The summed E-state index contributed by atoms with van der Waals surface area (Å²) in [5, 5.41) is 0. The summed E-state index contributed by atoms with van der Waals surface area (Å²) < 4.78 is 5.40. The predicted octanol–water partition coefficient (Wildman–Crippen LogP) is 4.63. The number of fused-ring (bicyclic) bond motifs is 2. The minimum Gasteiger partial charge on any atom is -0.497 e. The molecule has 2 aliphatic carbocycles. The third-order valence-electron chi connectivity index (χ3n) is 5.59. The summed E-state index contributed by atoms with van der Waals surface area (Å²) in [6.07, 6.45) is 8.13. The summed E-state index contributed by atoms with van der Waals surface area (Å²) in [6.45, 7) is 4.97. The third-order valence-corrected chi connectivity index (χ3v) is 5.59. The van der Waals surface area contributed by atoms with Gasteiger partial charge in [-0.1, -0.05) is 26.3 Å². The van der Waals surface area contributed by atoms with Crippen LogP contribution in [0.5, 0.6) is 5.75 Å². The van der Waals surface area contributed by atoms with E-state index in [0.717, 1.165) is 17.6 Å². The molecule has 3 rings (SSSR count). The molecule has 1 saturated carbocycles. The van der Waals surface area contributed by atoms with Gasteiger partial charge in [0.25, 0.3) is 0 Å². The Morgan fingerprint density at radius 1 is 1.16 bits per heavy atom. The zero-order valence-electron chi connectivity index (χ0n) is 12.5. The number of aryl methyl sites for hydroxylation is 1. The van der Waals surface area contributed by atoms with Crippen LogP contribution in [0.25, 0.3) is 0 Å². The van der Waals surface area contributed by atoms with Crippen LogP contribution in [0.1, 0.15) is 50.7 Å². The van der Waals surface area contributed by atoms with Gasteiger partial charge in [-0.25, -0.2) is 0 Å². The number of rotatable bonds is 1. The molecular formula is C18H26O. The molecule has 1 fully saturated rings. The largest absolute Gasteiger partial charge is 0.497 e. The second-order valence-corrected chi connectivity index (χ2v) is 7.12. The van der Waals surface area contributed by atoms with E-state index in [4.69, 9.17) is 4.74 Å². The molecule has 0 spiro atoms. The van der Waals surface area contributed by atoms with E-state index in [9.17, 15) is 0 Å². The van der Waals surface area contributed by atoms with Crippen molar-refractivity contribution < 1.29 is 4.74 Å². The van der Waals surface area contributed by atoms with E-state index in [1.54, 1.807) is 18.2 Å². The van der Waals surface area contributed by atoms with Crippen LogP contribution in [-0.2, 0) is 12.8 Å². The number of methoxy groups -OCH3 is 1. The average Bonchev–Trinajstić information content (AvgIpc) is 2.57. The van der Waals surface area contributed by atoms with Crippen molar-refractivity contribution in [2.75, 3.05) is 7.11 Å². The van der Waals surface area contributed by atoms with Gasteiger partial charge < -0.3 is 4.74 Å².